The average molecular weight is 489 g/mol. The van der Waals surface area contributed by atoms with Gasteiger partial charge < -0.3 is 24.6 Å². The van der Waals surface area contributed by atoms with Crippen LogP contribution < -0.4 is 5.32 Å². The van der Waals surface area contributed by atoms with Gasteiger partial charge in [0.2, 0.25) is 0 Å². The van der Waals surface area contributed by atoms with Gasteiger partial charge in [0.05, 0.1) is 24.7 Å². The smallest absolute Gasteiger partial charge is 0.275 e. The zero-order valence-corrected chi connectivity index (χ0v) is 21.0. The van der Waals surface area contributed by atoms with Crippen LogP contribution in [0.4, 0.5) is 0 Å². The third kappa shape index (κ3) is 4.96. The van der Waals surface area contributed by atoms with E-state index in [1.165, 1.54) is 5.56 Å². The van der Waals surface area contributed by atoms with Crippen molar-refractivity contribution < 1.29 is 14.6 Å². The van der Waals surface area contributed by atoms with E-state index in [2.05, 4.69) is 17.4 Å². The van der Waals surface area contributed by atoms with Gasteiger partial charge >= 0.3 is 0 Å². The SMILES string of the molecule is COC[C@]1(O)CCCC[C@H]1n1cnc(C(=O)N2CCNC[C@@H]2Cc2ccccc2)c1-c1ccccc1. The van der Waals surface area contributed by atoms with Gasteiger partial charge in [-0.2, -0.15) is 0 Å². The molecule has 1 saturated heterocycles. The molecular weight excluding hydrogens is 452 g/mol. The van der Waals surface area contributed by atoms with Gasteiger partial charge in [0.15, 0.2) is 5.69 Å². The number of carbonyl (C=O) groups excluding carboxylic acids is 1. The highest BCUT2D eigenvalue weighted by molar-refractivity contribution is 5.98. The fourth-order valence-electron chi connectivity index (χ4n) is 5.89. The maximum atomic E-state index is 14.1. The van der Waals surface area contributed by atoms with E-state index in [1.54, 1.807) is 13.4 Å². The Balaban J connectivity index is 1.53. The summed E-state index contributed by atoms with van der Waals surface area (Å²) >= 11 is 0. The Bertz CT molecular complexity index is 1150. The van der Waals surface area contributed by atoms with Gasteiger partial charge in [0, 0.05) is 38.3 Å². The molecule has 3 atom stereocenters. The van der Waals surface area contributed by atoms with Crippen molar-refractivity contribution in [2.45, 2.75) is 49.8 Å². The fraction of sp³-hybridized carbons (Fsp3) is 0.448. The van der Waals surface area contributed by atoms with Crippen molar-refractivity contribution >= 4 is 5.91 Å². The lowest BCUT2D eigenvalue weighted by atomic mass is 9.80. The molecule has 2 aliphatic rings. The van der Waals surface area contributed by atoms with E-state index in [0.29, 0.717) is 18.7 Å². The Morgan fingerprint density at radius 2 is 1.89 bits per heavy atom. The van der Waals surface area contributed by atoms with Crippen LogP contribution in [0.3, 0.4) is 0 Å². The number of hydrogen-bond acceptors (Lipinski definition) is 5. The van der Waals surface area contributed by atoms with Gasteiger partial charge in [-0.1, -0.05) is 73.5 Å². The number of benzene rings is 2. The molecule has 1 aliphatic heterocycles. The number of aliphatic hydroxyl groups is 1. The van der Waals surface area contributed by atoms with Crippen LogP contribution in [-0.2, 0) is 11.2 Å². The first-order valence-corrected chi connectivity index (χ1v) is 13.0. The molecule has 1 amide bonds. The highest BCUT2D eigenvalue weighted by Gasteiger charge is 2.42. The standard InChI is InChI=1S/C29H36N4O3/c1-36-20-29(35)15-9-8-14-25(29)33-21-31-26(27(33)23-12-6-3-7-13-23)28(34)32-17-16-30-19-24(32)18-22-10-4-2-5-11-22/h2-7,10-13,21,24-25,30,35H,8-9,14-20H2,1H3/t24-,25+,29+/m0/s1. The number of carbonyl (C=O) groups is 1. The quantitative estimate of drug-likeness (QED) is 0.530. The maximum Gasteiger partial charge on any atom is 0.275 e. The molecule has 2 aromatic carbocycles. The van der Waals surface area contributed by atoms with E-state index >= 15 is 0 Å². The lowest BCUT2D eigenvalue weighted by Crippen LogP contribution is -2.54. The fourth-order valence-corrected chi connectivity index (χ4v) is 5.89. The Morgan fingerprint density at radius 1 is 1.14 bits per heavy atom. The molecule has 2 N–H and O–H groups in total. The first-order valence-electron chi connectivity index (χ1n) is 13.0. The van der Waals surface area contributed by atoms with Gasteiger partial charge in [-0.15, -0.1) is 0 Å². The molecule has 0 bridgehead atoms. The monoisotopic (exact) mass is 488 g/mol. The van der Waals surface area contributed by atoms with Crippen LogP contribution in [0, 0.1) is 0 Å². The van der Waals surface area contributed by atoms with Crippen molar-refractivity contribution in [1.29, 1.82) is 0 Å². The summed E-state index contributed by atoms with van der Waals surface area (Å²) in [6.07, 6.45) is 5.99. The minimum atomic E-state index is -0.998. The molecule has 0 spiro atoms. The van der Waals surface area contributed by atoms with E-state index < -0.39 is 5.60 Å². The number of piperazine rings is 1. The van der Waals surface area contributed by atoms with Crippen molar-refractivity contribution in [3.63, 3.8) is 0 Å². The third-order valence-electron chi connectivity index (χ3n) is 7.66. The molecule has 1 aliphatic carbocycles. The van der Waals surface area contributed by atoms with Gasteiger partial charge in [-0.3, -0.25) is 4.79 Å². The van der Waals surface area contributed by atoms with E-state index in [9.17, 15) is 9.90 Å². The summed E-state index contributed by atoms with van der Waals surface area (Å²) in [7, 11) is 1.63. The second-order valence-electron chi connectivity index (χ2n) is 10.1. The Labute approximate surface area is 213 Å². The van der Waals surface area contributed by atoms with E-state index in [1.807, 2.05) is 58.0 Å². The molecule has 7 nitrogen and oxygen atoms in total. The van der Waals surface area contributed by atoms with Gasteiger partial charge in [-0.25, -0.2) is 4.98 Å². The predicted molar refractivity (Wildman–Crippen MR) is 140 cm³/mol. The lowest BCUT2D eigenvalue weighted by molar-refractivity contribution is -0.0893. The van der Waals surface area contributed by atoms with Crippen molar-refractivity contribution in [3.05, 3.63) is 78.2 Å². The molecule has 36 heavy (non-hydrogen) atoms. The molecule has 2 heterocycles. The number of rotatable bonds is 7. The van der Waals surface area contributed by atoms with Gasteiger partial charge in [0.25, 0.3) is 5.91 Å². The van der Waals surface area contributed by atoms with Crippen LogP contribution in [0.2, 0.25) is 0 Å². The molecule has 190 valence electrons. The molecule has 0 radical (unpaired) electrons. The second kappa shape index (κ2) is 10.9. The summed E-state index contributed by atoms with van der Waals surface area (Å²) in [5, 5.41) is 15.0. The average Bonchev–Trinajstić information content (AvgIpc) is 3.35. The first-order chi connectivity index (χ1) is 17.6. The van der Waals surface area contributed by atoms with Crippen molar-refractivity contribution in [2.75, 3.05) is 33.4 Å². The van der Waals surface area contributed by atoms with Crippen molar-refractivity contribution in [3.8, 4) is 11.3 Å². The van der Waals surface area contributed by atoms with Crippen molar-refractivity contribution in [2.24, 2.45) is 0 Å². The second-order valence-corrected chi connectivity index (χ2v) is 10.1. The summed E-state index contributed by atoms with van der Waals surface area (Å²) < 4.78 is 7.47. The van der Waals surface area contributed by atoms with Crippen LogP contribution in [0.25, 0.3) is 11.3 Å². The minimum absolute atomic E-state index is 0.0440. The summed E-state index contributed by atoms with van der Waals surface area (Å²) in [4.78, 5) is 20.8. The molecular formula is C29H36N4O3. The Hall–Kier alpha value is -3.00. The highest BCUT2D eigenvalue weighted by Crippen LogP contribution is 2.41. The number of imidazole rings is 1. The molecule has 5 rings (SSSR count). The summed E-state index contributed by atoms with van der Waals surface area (Å²) in [5.41, 5.74) is 2.37. The normalized spacial score (nSPS) is 24.6. The van der Waals surface area contributed by atoms with Crippen LogP contribution in [0.15, 0.2) is 67.0 Å². The third-order valence-corrected chi connectivity index (χ3v) is 7.66. The molecule has 1 aromatic heterocycles. The van der Waals surface area contributed by atoms with Crippen LogP contribution in [-0.4, -0.2) is 70.5 Å². The number of aromatic nitrogens is 2. The zero-order chi connectivity index (χ0) is 25.0. The van der Waals surface area contributed by atoms with Gasteiger partial charge in [0.1, 0.15) is 5.60 Å². The number of ether oxygens (including phenoxy) is 1. The number of nitrogens with zero attached hydrogens (tertiary/aromatic N) is 3. The Kier molecular flexibility index (Phi) is 7.51. The van der Waals surface area contributed by atoms with E-state index in [-0.39, 0.29) is 24.6 Å². The molecule has 3 aromatic rings. The summed E-state index contributed by atoms with van der Waals surface area (Å²) in [6.45, 7) is 2.39. The first kappa shape index (κ1) is 24.7. The summed E-state index contributed by atoms with van der Waals surface area (Å²) in [5.74, 6) is -0.0545. The van der Waals surface area contributed by atoms with Gasteiger partial charge in [-0.05, 0) is 24.8 Å². The summed E-state index contributed by atoms with van der Waals surface area (Å²) in [6, 6.07) is 20.1. The zero-order valence-electron chi connectivity index (χ0n) is 21.0. The number of nitrogens with one attached hydrogen (secondary N) is 1. The minimum Gasteiger partial charge on any atom is -0.385 e. The van der Waals surface area contributed by atoms with Crippen molar-refractivity contribution in [1.82, 2.24) is 19.8 Å². The number of hydrogen-bond donors (Lipinski definition) is 2. The number of methoxy groups -OCH3 is 1. The highest BCUT2D eigenvalue weighted by atomic mass is 16.5. The van der Waals surface area contributed by atoms with Crippen LogP contribution in [0.5, 0.6) is 0 Å². The predicted octanol–water partition coefficient (Wildman–Crippen LogP) is 3.70. The topological polar surface area (TPSA) is 79.6 Å². The lowest BCUT2D eigenvalue weighted by Gasteiger charge is -2.41. The number of amides is 1. The van der Waals surface area contributed by atoms with E-state index in [0.717, 1.165) is 50.0 Å². The van der Waals surface area contributed by atoms with Crippen LogP contribution in [0.1, 0.15) is 47.8 Å². The largest absolute Gasteiger partial charge is 0.385 e. The maximum absolute atomic E-state index is 14.1. The molecule has 1 saturated carbocycles. The molecule has 0 unspecified atom stereocenters. The van der Waals surface area contributed by atoms with E-state index in [4.69, 9.17) is 9.72 Å². The van der Waals surface area contributed by atoms with Crippen LogP contribution >= 0.6 is 0 Å². The molecule has 2 fully saturated rings. The Morgan fingerprint density at radius 3 is 2.64 bits per heavy atom. The molecule has 7 heteroatoms.